The van der Waals surface area contributed by atoms with E-state index in [1.54, 1.807) is 22.9 Å². The van der Waals surface area contributed by atoms with Gasteiger partial charge in [0.1, 0.15) is 5.82 Å². The third-order valence-electron chi connectivity index (χ3n) is 6.71. The van der Waals surface area contributed by atoms with Gasteiger partial charge in [0.2, 0.25) is 0 Å². The highest BCUT2D eigenvalue weighted by Gasteiger charge is 2.33. The van der Waals surface area contributed by atoms with Crippen LogP contribution in [0.5, 0.6) is 0 Å². The zero-order chi connectivity index (χ0) is 23.3. The second-order valence-electron chi connectivity index (χ2n) is 9.35. The number of fused-ring (bicyclic) bond motifs is 1. The van der Waals surface area contributed by atoms with Crippen LogP contribution in [0.15, 0.2) is 30.3 Å². The van der Waals surface area contributed by atoms with E-state index in [4.69, 9.17) is 4.98 Å². The maximum Gasteiger partial charge on any atom is 0.254 e. The number of carbonyl (C=O) groups excluding carboxylic acids is 1. The maximum absolute atomic E-state index is 13.7. The topological polar surface area (TPSA) is 85.2 Å². The summed E-state index contributed by atoms with van der Waals surface area (Å²) in [6, 6.07) is 7.44. The highest BCUT2D eigenvalue weighted by atomic mass is 32.2. The van der Waals surface area contributed by atoms with E-state index in [-0.39, 0.29) is 29.3 Å². The standard InChI is InChI=1S/C24H27FN4O3S/c1-15-4-3-10-28(13-15)24(30)20-12-21(17-5-7-18(25)8-6-17)26-23-22(20)16(2)27-29(23)19-9-11-33(31,32)14-19/h5-8,12,15,19H,3-4,9-11,13-14H2,1-2H3. The number of hydrogen-bond acceptors (Lipinski definition) is 5. The molecule has 0 radical (unpaired) electrons. The molecule has 0 saturated carbocycles. The fourth-order valence-corrected chi connectivity index (χ4v) is 6.71. The summed E-state index contributed by atoms with van der Waals surface area (Å²) in [5.41, 5.74) is 2.89. The summed E-state index contributed by atoms with van der Waals surface area (Å²) >= 11 is 0. The fraction of sp³-hybridized carbons (Fsp3) is 0.458. The number of benzene rings is 1. The number of nitrogens with zero attached hydrogens (tertiary/aromatic N) is 4. The van der Waals surface area contributed by atoms with E-state index in [9.17, 15) is 17.6 Å². The third-order valence-corrected chi connectivity index (χ3v) is 8.46. The Morgan fingerprint density at radius 2 is 1.94 bits per heavy atom. The van der Waals surface area contributed by atoms with E-state index in [2.05, 4.69) is 12.0 Å². The molecule has 1 amide bonds. The number of pyridine rings is 1. The lowest BCUT2D eigenvalue weighted by molar-refractivity contribution is 0.0685. The van der Waals surface area contributed by atoms with Crippen molar-refractivity contribution in [2.75, 3.05) is 24.6 Å². The molecule has 4 heterocycles. The first-order valence-corrected chi connectivity index (χ1v) is 13.2. The van der Waals surface area contributed by atoms with E-state index in [1.165, 1.54) is 12.1 Å². The average Bonchev–Trinajstić information content (AvgIpc) is 3.32. The summed E-state index contributed by atoms with van der Waals surface area (Å²) in [5.74, 6) is 0.143. The summed E-state index contributed by atoms with van der Waals surface area (Å²) in [6.07, 6.45) is 2.53. The molecule has 2 aliphatic heterocycles. The zero-order valence-electron chi connectivity index (χ0n) is 18.8. The van der Waals surface area contributed by atoms with Gasteiger partial charge in [0.05, 0.1) is 39.9 Å². The Bertz CT molecular complexity index is 1330. The fourth-order valence-electron chi connectivity index (χ4n) is 5.02. The first-order valence-electron chi connectivity index (χ1n) is 11.4. The lowest BCUT2D eigenvalue weighted by Gasteiger charge is -2.31. The van der Waals surface area contributed by atoms with Gasteiger partial charge >= 0.3 is 0 Å². The normalized spacial score (nSPS) is 22.7. The van der Waals surface area contributed by atoms with Crippen molar-refractivity contribution >= 4 is 26.8 Å². The average molecular weight is 471 g/mol. The molecule has 3 aromatic rings. The zero-order valence-corrected chi connectivity index (χ0v) is 19.6. The number of likely N-dealkylation sites (tertiary alicyclic amines) is 1. The van der Waals surface area contributed by atoms with Crippen molar-refractivity contribution in [1.82, 2.24) is 19.7 Å². The van der Waals surface area contributed by atoms with Crippen LogP contribution >= 0.6 is 0 Å². The lowest BCUT2D eigenvalue weighted by atomic mass is 9.98. The Kier molecular flexibility index (Phi) is 5.47. The molecule has 2 fully saturated rings. The van der Waals surface area contributed by atoms with Gasteiger partial charge in [-0.3, -0.25) is 4.79 Å². The number of halogens is 1. The van der Waals surface area contributed by atoms with Gasteiger partial charge in [0.15, 0.2) is 15.5 Å². The van der Waals surface area contributed by atoms with Gasteiger partial charge in [-0.15, -0.1) is 0 Å². The van der Waals surface area contributed by atoms with Crippen LogP contribution in [0, 0.1) is 18.7 Å². The van der Waals surface area contributed by atoms with Gasteiger partial charge in [-0.2, -0.15) is 5.10 Å². The van der Waals surface area contributed by atoms with E-state index < -0.39 is 9.84 Å². The van der Waals surface area contributed by atoms with Crippen LogP contribution in [0.4, 0.5) is 4.39 Å². The van der Waals surface area contributed by atoms with Crippen LogP contribution in [0.25, 0.3) is 22.3 Å². The molecule has 5 rings (SSSR count). The molecule has 174 valence electrons. The number of sulfone groups is 1. The maximum atomic E-state index is 13.7. The molecule has 7 nitrogen and oxygen atoms in total. The van der Waals surface area contributed by atoms with E-state index in [0.717, 1.165) is 12.8 Å². The lowest BCUT2D eigenvalue weighted by Crippen LogP contribution is -2.39. The molecule has 2 aromatic heterocycles. The largest absolute Gasteiger partial charge is 0.338 e. The van der Waals surface area contributed by atoms with Crippen molar-refractivity contribution in [1.29, 1.82) is 0 Å². The van der Waals surface area contributed by atoms with Gasteiger partial charge in [-0.1, -0.05) is 6.92 Å². The second kappa shape index (κ2) is 8.20. The number of rotatable bonds is 3. The third kappa shape index (κ3) is 4.14. The predicted octanol–water partition coefficient (Wildman–Crippen LogP) is 3.78. The highest BCUT2D eigenvalue weighted by molar-refractivity contribution is 7.91. The van der Waals surface area contributed by atoms with Crippen LogP contribution in [0.2, 0.25) is 0 Å². The van der Waals surface area contributed by atoms with Gasteiger partial charge in [0, 0.05) is 18.7 Å². The van der Waals surface area contributed by atoms with Crippen molar-refractivity contribution in [3.05, 3.63) is 47.4 Å². The molecule has 2 saturated heterocycles. The van der Waals surface area contributed by atoms with Gasteiger partial charge in [-0.25, -0.2) is 22.5 Å². The summed E-state index contributed by atoms with van der Waals surface area (Å²) < 4.78 is 39.5. The van der Waals surface area contributed by atoms with Crippen LogP contribution in [-0.4, -0.2) is 58.6 Å². The molecule has 0 spiro atoms. The van der Waals surface area contributed by atoms with Crippen LogP contribution in [0.3, 0.4) is 0 Å². The van der Waals surface area contributed by atoms with Crippen molar-refractivity contribution in [3.63, 3.8) is 0 Å². The number of amides is 1. The van der Waals surface area contributed by atoms with Gasteiger partial charge in [-0.05, 0) is 62.4 Å². The van der Waals surface area contributed by atoms with E-state index >= 15 is 0 Å². The summed E-state index contributed by atoms with van der Waals surface area (Å²) in [7, 11) is -3.13. The minimum absolute atomic E-state index is 0.0125. The second-order valence-corrected chi connectivity index (χ2v) is 11.6. The SMILES string of the molecule is Cc1nn(C2CCS(=O)(=O)C2)c2nc(-c3ccc(F)cc3)cc(C(=O)N3CCCC(C)C3)c12. The summed E-state index contributed by atoms with van der Waals surface area (Å²) in [5, 5.41) is 5.31. The highest BCUT2D eigenvalue weighted by Crippen LogP contribution is 2.33. The molecule has 0 bridgehead atoms. The molecular weight excluding hydrogens is 443 g/mol. The molecule has 2 atom stereocenters. The van der Waals surface area contributed by atoms with Crippen molar-refractivity contribution < 1.29 is 17.6 Å². The van der Waals surface area contributed by atoms with Crippen LogP contribution in [0.1, 0.15) is 48.3 Å². The molecule has 0 aliphatic carbocycles. The monoisotopic (exact) mass is 470 g/mol. The predicted molar refractivity (Wildman–Crippen MR) is 124 cm³/mol. The molecular formula is C24H27FN4O3S. The Labute approximate surface area is 192 Å². The van der Waals surface area contributed by atoms with Gasteiger partial charge < -0.3 is 4.90 Å². The number of aromatic nitrogens is 3. The molecule has 2 aliphatic rings. The van der Waals surface area contributed by atoms with Gasteiger partial charge in [0.25, 0.3) is 5.91 Å². The first kappa shape index (κ1) is 22.0. The quantitative estimate of drug-likeness (QED) is 0.582. The number of aryl methyl sites for hydroxylation is 1. The Hall–Kier alpha value is -2.81. The first-order chi connectivity index (χ1) is 15.7. The minimum atomic E-state index is -3.13. The van der Waals surface area contributed by atoms with Crippen molar-refractivity contribution in [2.24, 2.45) is 5.92 Å². The Morgan fingerprint density at radius 1 is 1.18 bits per heavy atom. The molecule has 0 N–H and O–H groups in total. The number of carbonyl (C=O) groups is 1. The Morgan fingerprint density at radius 3 is 2.61 bits per heavy atom. The molecule has 9 heteroatoms. The van der Waals surface area contributed by atoms with Crippen molar-refractivity contribution in [3.8, 4) is 11.3 Å². The minimum Gasteiger partial charge on any atom is -0.338 e. The molecule has 2 unspecified atom stereocenters. The smallest absolute Gasteiger partial charge is 0.254 e. The van der Waals surface area contributed by atoms with Crippen LogP contribution in [-0.2, 0) is 9.84 Å². The Balaban J connectivity index is 1.69. The molecule has 33 heavy (non-hydrogen) atoms. The summed E-state index contributed by atoms with van der Waals surface area (Å²) in [4.78, 5) is 20.4. The number of piperidine rings is 1. The van der Waals surface area contributed by atoms with E-state index in [0.29, 0.717) is 59.0 Å². The number of hydrogen-bond donors (Lipinski definition) is 0. The molecule has 1 aromatic carbocycles. The van der Waals surface area contributed by atoms with E-state index in [1.807, 2.05) is 11.8 Å². The van der Waals surface area contributed by atoms with Crippen LogP contribution < -0.4 is 0 Å². The summed E-state index contributed by atoms with van der Waals surface area (Å²) in [6.45, 7) is 5.38. The van der Waals surface area contributed by atoms with Crippen molar-refractivity contribution in [2.45, 2.75) is 39.2 Å².